The van der Waals surface area contributed by atoms with Crippen molar-refractivity contribution in [2.45, 2.75) is 6.43 Å². The molecule has 0 saturated heterocycles. The fourth-order valence-corrected chi connectivity index (χ4v) is 0.961. The number of aromatic nitrogens is 1. The Hall–Kier alpha value is -1.79. The van der Waals surface area contributed by atoms with E-state index in [0.29, 0.717) is 0 Å². The van der Waals surface area contributed by atoms with E-state index in [0.717, 1.165) is 19.5 Å². The number of rotatable bonds is 3. The molecule has 0 aromatic carbocycles. The molecule has 0 amide bonds. The molecule has 14 heavy (non-hydrogen) atoms. The normalized spacial score (nSPS) is 10.3. The third kappa shape index (κ3) is 1.76. The van der Waals surface area contributed by atoms with E-state index in [1.807, 2.05) is 0 Å². The van der Waals surface area contributed by atoms with Crippen molar-refractivity contribution in [3.05, 3.63) is 28.1 Å². The van der Waals surface area contributed by atoms with Gasteiger partial charge in [-0.3, -0.25) is 15.1 Å². The summed E-state index contributed by atoms with van der Waals surface area (Å²) < 4.78 is 29.2. The molecule has 1 heterocycles. The molecule has 0 fully saturated rings. The third-order valence-corrected chi connectivity index (χ3v) is 1.54. The van der Waals surface area contributed by atoms with Crippen LogP contribution in [-0.2, 0) is 0 Å². The number of pyridine rings is 1. The molecule has 0 aliphatic rings. The third-order valence-electron chi connectivity index (χ3n) is 1.54. The molecule has 7 heteroatoms. The quantitative estimate of drug-likeness (QED) is 0.557. The molecule has 1 rings (SSSR count). The molecule has 0 unspecified atom stereocenters. The summed E-state index contributed by atoms with van der Waals surface area (Å²) in [5.41, 5.74) is -1.15. The standard InChI is InChI=1S/C7H6F2N2O3/c1-14-6-4(7(8)9)2-10-3-5(6)11(12)13/h2-3,7H,1H3. The highest BCUT2D eigenvalue weighted by atomic mass is 19.3. The topological polar surface area (TPSA) is 65.3 Å². The number of methoxy groups -OCH3 is 1. The molecule has 1 aromatic rings. The average Bonchev–Trinajstić information content (AvgIpc) is 2.16. The van der Waals surface area contributed by atoms with Gasteiger partial charge in [0, 0.05) is 6.20 Å². The van der Waals surface area contributed by atoms with Gasteiger partial charge in [0.15, 0.2) is 0 Å². The van der Waals surface area contributed by atoms with Crippen LogP contribution in [0, 0.1) is 10.1 Å². The van der Waals surface area contributed by atoms with Crippen LogP contribution in [-0.4, -0.2) is 17.0 Å². The van der Waals surface area contributed by atoms with Gasteiger partial charge in [0.05, 0.1) is 17.6 Å². The number of alkyl halides is 2. The minimum atomic E-state index is -2.85. The molecule has 0 spiro atoms. The minimum Gasteiger partial charge on any atom is -0.490 e. The van der Waals surface area contributed by atoms with Gasteiger partial charge in [-0.25, -0.2) is 8.78 Å². The van der Waals surface area contributed by atoms with E-state index >= 15 is 0 Å². The van der Waals surface area contributed by atoms with Crippen LogP contribution in [0.4, 0.5) is 14.5 Å². The lowest BCUT2D eigenvalue weighted by atomic mass is 10.2. The van der Waals surface area contributed by atoms with E-state index in [1.54, 1.807) is 0 Å². The first-order valence-electron chi connectivity index (χ1n) is 3.52. The molecule has 0 bridgehead atoms. The molecule has 0 aliphatic heterocycles. The summed E-state index contributed by atoms with van der Waals surface area (Å²) in [6, 6.07) is 0. The summed E-state index contributed by atoms with van der Waals surface area (Å²) in [6.07, 6.45) is -1.14. The smallest absolute Gasteiger partial charge is 0.329 e. The minimum absolute atomic E-state index is 0.444. The van der Waals surface area contributed by atoms with Crippen molar-refractivity contribution < 1.29 is 18.4 Å². The van der Waals surface area contributed by atoms with Gasteiger partial charge in [-0.1, -0.05) is 0 Å². The molecule has 76 valence electrons. The Bertz CT molecular complexity index is 357. The Morgan fingerprint density at radius 2 is 2.21 bits per heavy atom. The van der Waals surface area contributed by atoms with E-state index < -0.39 is 28.3 Å². The largest absolute Gasteiger partial charge is 0.490 e. The van der Waals surface area contributed by atoms with E-state index in [-0.39, 0.29) is 0 Å². The van der Waals surface area contributed by atoms with Crippen molar-refractivity contribution >= 4 is 5.69 Å². The lowest BCUT2D eigenvalue weighted by Crippen LogP contribution is -1.99. The molecule has 0 saturated carbocycles. The first-order chi connectivity index (χ1) is 6.57. The highest BCUT2D eigenvalue weighted by Gasteiger charge is 2.24. The van der Waals surface area contributed by atoms with Crippen molar-refractivity contribution in [1.82, 2.24) is 4.98 Å². The van der Waals surface area contributed by atoms with Crippen molar-refractivity contribution in [1.29, 1.82) is 0 Å². The van der Waals surface area contributed by atoms with Crippen LogP contribution >= 0.6 is 0 Å². The predicted molar refractivity (Wildman–Crippen MR) is 42.4 cm³/mol. The van der Waals surface area contributed by atoms with Crippen LogP contribution in [0.15, 0.2) is 12.4 Å². The highest BCUT2D eigenvalue weighted by molar-refractivity contribution is 5.49. The Labute approximate surface area is 77.5 Å². The van der Waals surface area contributed by atoms with E-state index in [1.165, 1.54) is 0 Å². The van der Waals surface area contributed by atoms with E-state index in [2.05, 4.69) is 9.72 Å². The Morgan fingerprint density at radius 1 is 1.57 bits per heavy atom. The first kappa shape index (κ1) is 10.3. The Kier molecular flexibility index (Phi) is 2.90. The maximum atomic E-state index is 12.3. The lowest BCUT2D eigenvalue weighted by Gasteiger charge is -2.06. The number of nitro groups is 1. The second kappa shape index (κ2) is 3.95. The fourth-order valence-electron chi connectivity index (χ4n) is 0.961. The second-order valence-electron chi connectivity index (χ2n) is 2.34. The maximum absolute atomic E-state index is 12.3. The zero-order valence-electron chi connectivity index (χ0n) is 7.11. The summed E-state index contributed by atoms with van der Waals surface area (Å²) in [5, 5.41) is 10.4. The molecular weight excluding hydrogens is 198 g/mol. The molecular formula is C7H6F2N2O3. The van der Waals surface area contributed by atoms with E-state index in [9.17, 15) is 18.9 Å². The molecule has 0 aliphatic carbocycles. The van der Waals surface area contributed by atoms with Gasteiger partial charge in [-0.15, -0.1) is 0 Å². The van der Waals surface area contributed by atoms with Crippen LogP contribution in [0.1, 0.15) is 12.0 Å². The summed E-state index contributed by atoms with van der Waals surface area (Å²) in [6.45, 7) is 0. The second-order valence-corrected chi connectivity index (χ2v) is 2.34. The summed E-state index contributed by atoms with van der Waals surface area (Å²) in [4.78, 5) is 12.9. The number of hydrogen-bond donors (Lipinski definition) is 0. The molecule has 1 aromatic heterocycles. The van der Waals surface area contributed by atoms with E-state index in [4.69, 9.17) is 0 Å². The Morgan fingerprint density at radius 3 is 2.64 bits per heavy atom. The van der Waals surface area contributed by atoms with Crippen LogP contribution in [0.2, 0.25) is 0 Å². The van der Waals surface area contributed by atoms with Gasteiger partial charge in [0.2, 0.25) is 5.75 Å². The zero-order chi connectivity index (χ0) is 10.7. The number of nitrogens with zero attached hydrogens (tertiary/aromatic N) is 2. The summed E-state index contributed by atoms with van der Waals surface area (Å²) in [7, 11) is 1.09. The van der Waals surface area contributed by atoms with Gasteiger partial charge in [-0.2, -0.15) is 0 Å². The summed E-state index contributed by atoms with van der Waals surface area (Å²) in [5.74, 6) is -0.444. The van der Waals surface area contributed by atoms with Crippen molar-refractivity contribution in [3.8, 4) is 5.75 Å². The Balaban J connectivity index is 3.32. The lowest BCUT2D eigenvalue weighted by molar-refractivity contribution is -0.386. The van der Waals surface area contributed by atoms with Gasteiger partial charge in [-0.05, 0) is 0 Å². The molecule has 0 N–H and O–H groups in total. The average molecular weight is 204 g/mol. The van der Waals surface area contributed by atoms with Crippen molar-refractivity contribution in [2.75, 3.05) is 7.11 Å². The highest BCUT2D eigenvalue weighted by Crippen LogP contribution is 2.35. The van der Waals surface area contributed by atoms with Crippen LogP contribution in [0.5, 0.6) is 5.75 Å². The first-order valence-corrected chi connectivity index (χ1v) is 3.52. The van der Waals surface area contributed by atoms with Gasteiger partial charge >= 0.3 is 5.69 Å². The van der Waals surface area contributed by atoms with Crippen LogP contribution < -0.4 is 4.74 Å². The van der Waals surface area contributed by atoms with Gasteiger partial charge in [0.25, 0.3) is 6.43 Å². The number of ether oxygens (including phenoxy) is 1. The fraction of sp³-hybridized carbons (Fsp3) is 0.286. The van der Waals surface area contributed by atoms with Crippen molar-refractivity contribution in [3.63, 3.8) is 0 Å². The van der Waals surface area contributed by atoms with Gasteiger partial charge in [0.1, 0.15) is 6.20 Å². The maximum Gasteiger partial charge on any atom is 0.329 e. The predicted octanol–water partition coefficient (Wildman–Crippen LogP) is 1.94. The molecule has 0 atom stereocenters. The van der Waals surface area contributed by atoms with Gasteiger partial charge < -0.3 is 4.74 Å². The monoisotopic (exact) mass is 204 g/mol. The SMILES string of the molecule is COc1c(C(F)F)cncc1[N+](=O)[O-]. The van der Waals surface area contributed by atoms with Crippen molar-refractivity contribution in [2.24, 2.45) is 0 Å². The number of halogens is 2. The molecule has 5 nitrogen and oxygen atoms in total. The number of hydrogen-bond acceptors (Lipinski definition) is 4. The van der Waals surface area contributed by atoms with Crippen LogP contribution in [0.3, 0.4) is 0 Å². The van der Waals surface area contributed by atoms with Crippen LogP contribution in [0.25, 0.3) is 0 Å². The zero-order valence-corrected chi connectivity index (χ0v) is 7.11. The summed E-state index contributed by atoms with van der Waals surface area (Å²) >= 11 is 0. The molecule has 0 radical (unpaired) electrons.